The van der Waals surface area contributed by atoms with E-state index in [-0.39, 0.29) is 22.7 Å². The number of hydrogen-bond donors (Lipinski definition) is 0. The molecule has 6 rings (SSSR count). The van der Waals surface area contributed by atoms with Gasteiger partial charge in [0.25, 0.3) is 0 Å². The van der Waals surface area contributed by atoms with Crippen molar-refractivity contribution >= 4 is 5.78 Å². The van der Waals surface area contributed by atoms with Crippen molar-refractivity contribution in [2.75, 3.05) is 7.11 Å². The first kappa shape index (κ1) is 24.9. The van der Waals surface area contributed by atoms with E-state index < -0.39 is 5.41 Å². The van der Waals surface area contributed by atoms with Crippen LogP contribution in [0, 0.1) is 22.7 Å². The zero-order valence-electron chi connectivity index (χ0n) is 22.7. The van der Waals surface area contributed by atoms with Crippen LogP contribution in [0.15, 0.2) is 90.5 Å². The van der Waals surface area contributed by atoms with Crippen LogP contribution in [0.4, 0.5) is 0 Å². The number of ketones is 1. The highest BCUT2D eigenvalue weighted by Crippen LogP contribution is 2.59. The number of Topliss-reactive ketones (excluding diaryl/α,β-unsaturated/α-hetero) is 1. The lowest BCUT2D eigenvalue weighted by atomic mass is 9.49. The van der Waals surface area contributed by atoms with Crippen LogP contribution >= 0.6 is 0 Å². The summed E-state index contributed by atoms with van der Waals surface area (Å²) in [6.07, 6.45) is 3.59. The Kier molecular flexibility index (Phi) is 5.80. The number of nitriles is 1. The van der Waals surface area contributed by atoms with E-state index in [1.807, 2.05) is 43.3 Å². The number of allylic oxidation sites excluding steroid dienone is 2. The van der Waals surface area contributed by atoms with Crippen molar-refractivity contribution in [2.24, 2.45) is 11.3 Å². The Labute approximate surface area is 229 Å². The summed E-state index contributed by atoms with van der Waals surface area (Å²) in [6, 6.07) is 28.9. The molecule has 0 amide bonds. The molecular formula is C34H31N3O2. The Morgan fingerprint density at radius 3 is 2.21 bits per heavy atom. The molecule has 0 N–H and O–H groups in total. The molecule has 2 aliphatic carbocycles. The second-order valence-corrected chi connectivity index (χ2v) is 11.1. The van der Waals surface area contributed by atoms with E-state index in [0.29, 0.717) is 0 Å². The summed E-state index contributed by atoms with van der Waals surface area (Å²) in [5.74, 6) is 0.503. The fourth-order valence-electron chi connectivity index (χ4n) is 6.60. The van der Waals surface area contributed by atoms with Crippen LogP contribution in [-0.4, -0.2) is 22.7 Å². The van der Waals surface area contributed by atoms with Crippen LogP contribution in [0.25, 0.3) is 28.1 Å². The standard InChI is InChI=1S/C34H31N3O2/c1-22-31(38)26(21-35)20-34(3)32-29(18-19-33(22,34)2)30(25-8-6-5-7-9-25)36-37(32)27-14-10-23(11-15-27)24-12-16-28(39-4)17-13-24/h5-17,20,22H,18-19H2,1-4H3/t22-,33+,34-/m0/s1. The van der Waals surface area contributed by atoms with Gasteiger partial charge in [-0.05, 0) is 60.6 Å². The minimum Gasteiger partial charge on any atom is -0.497 e. The quantitative estimate of drug-likeness (QED) is 0.292. The van der Waals surface area contributed by atoms with Crippen molar-refractivity contribution in [2.45, 2.75) is 39.0 Å². The highest BCUT2D eigenvalue weighted by molar-refractivity contribution is 6.02. The van der Waals surface area contributed by atoms with Crippen molar-refractivity contribution in [3.8, 4) is 39.9 Å². The molecule has 0 saturated carbocycles. The third kappa shape index (κ3) is 3.66. The number of methoxy groups -OCH3 is 1. The van der Waals surface area contributed by atoms with Crippen molar-refractivity contribution in [1.29, 1.82) is 5.26 Å². The van der Waals surface area contributed by atoms with Crippen LogP contribution in [0.3, 0.4) is 0 Å². The average Bonchev–Trinajstić information content (AvgIpc) is 3.38. The van der Waals surface area contributed by atoms with Gasteiger partial charge in [0.15, 0.2) is 5.78 Å². The van der Waals surface area contributed by atoms with Crippen LogP contribution < -0.4 is 4.74 Å². The lowest BCUT2D eigenvalue weighted by molar-refractivity contribution is -0.125. The fourth-order valence-corrected chi connectivity index (χ4v) is 6.60. The van der Waals surface area contributed by atoms with Gasteiger partial charge in [-0.2, -0.15) is 10.4 Å². The van der Waals surface area contributed by atoms with E-state index in [1.165, 1.54) is 5.56 Å². The van der Waals surface area contributed by atoms with Crippen molar-refractivity contribution in [3.63, 3.8) is 0 Å². The Bertz CT molecular complexity index is 1640. The number of aromatic nitrogens is 2. The Hall–Kier alpha value is -4.43. The molecule has 0 fully saturated rings. The predicted octanol–water partition coefficient (Wildman–Crippen LogP) is 7.09. The second-order valence-electron chi connectivity index (χ2n) is 11.1. The minimum absolute atomic E-state index is 0.0564. The van der Waals surface area contributed by atoms with Crippen LogP contribution in [0.2, 0.25) is 0 Å². The number of fused-ring (bicyclic) bond motifs is 3. The summed E-state index contributed by atoms with van der Waals surface area (Å²) < 4.78 is 7.36. The SMILES string of the molecule is COc1ccc(-c2ccc(-n3nc(-c4ccccc4)c4c3[C@]3(C)C=C(C#N)C(=O)[C@H](C)[C@@]3(C)CC4)cc2)cc1. The molecule has 0 saturated heterocycles. The van der Waals surface area contributed by atoms with E-state index in [0.717, 1.165) is 52.4 Å². The van der Waals surface area contributed by atoms with Gasteiger partial charge < -0.3 is 4.74 Å². The van der Waals surface area contributed by atoms with E-state index in [1.54, 1.807) is 7.11 Å². The molecule has 3 aromatic carbocycles. The monoisotopic (exact) mass is 513 g/mol. The second kappa shape index (κ2) is 9.10. The number of rotatable bonds is 4. The normalized spacial score (nSPS) is 23.8. The molecule has 39 heavy (non-hydrogen) atoms. The first-order chi connectivity index (χ1) is 18.8. The molecule has 5 nitrogen and oxygen atoms in total. The Morgan fingerprint density at radius 1 is 0.949 bits per heavy atom. The van der Waals surface area contributed by atoms with Gasteiger partial charge in [-0.15, -0.1) is 0 Å². The van der Waals surface area contributed by atoms with Gasteiger partial charge in [0, 0.05) is 22.5 Å². The zero-order chi connectivity index (χ0) is 27.4. The third-order valence-corrected chi connectivity index (χ3v) is 9.31. The number of carbonyl (C=O) groups excluding carboxylic acids is 1. The van der Waals surface area contributed by atoms with Crippen LogP contribution in [0.5, 0.6) is 5.75 Å². The maximum Gasteiger partial charge on any atom is 0.176 e. The maximum absolute atomic E-state index is 13.1. The number of ether oxygens (including phenoxy) is 1. The topological polar surface area (TPSA) is 67.9 Å². The molecule has 0 aliphatic heterocycles. The highest BCUT2D eigenvalue weighted by atomic mass is 16.5. The van der Waals surface area contributed by atoms with Crippen LogP contribution in [0.1, 0.15) is 38.4 Å². The molecule has 0 unspecified atom stereocenters. The summed E-state index contributed by atoms with van der Waals surface area (Å²) in [4.78, 5) is 13.1. The van der Waals surface area contributed by atoms with E-state index >= 15 is 0 Å². The molecule has 2 aliphatic rings. The molecular weight excluding hydrogens is 482 g/mol. The van der Waals surface area contributed by atoms with E-state index in [2.05, 4.69) is 73.1 Å². The fraction of sp³-hybridized carbons (Fsp3) is 0.265. The Balaban J connectivity index is 1.56. The van der Waals surface area contributed by atoms with Crippen molar-refractivity contribution in [1.82, 2.24) is 9.78 Å². The number of hydrogen-bond acceptors (Lipinski definition) is 4. The van der Waals surface area contributed by atoms with Crippen molar-refractivity contribution in [3.05, 3.63) is 102 Å². The van der Waals surface area contributed by atoms with Gasteiger partial charge >= 0.3 is 0 Å². The summed E-state index contributed by atoms with van der Waals surface area (Å²) in [6.45, 7) is 6.37. The zero-order valence-corrected chi connectivity index (χ0v) is 22.7. The molecule has 1 aromatic heterocycles. The highest BCUT2D eigenvalue weighted by Gasteiger charge is 2.58. The third-order valence-electron chi connectivity index (χ3n) is 9.31. The van der Waals surface area contributed by atoms with Gasteiger partial charge in [-0.1, -0.05) is 74.5 Å². The molecule has 194 valence electrons. The summed E-state index contributed by atoms with van der Waals surface area (Å²) >= 11 is 0. The van der Waals surface area contributed by atoms with Crippen molar-refractivity contribution < 1.29 is 9.53 Å². The molecule has 4 aromatic rings. The number of benzene rings is 3. The van der Waals surface area contributed by atoms with Gasteiger partial charge in [0.1, 0.15) is 11.8 Å². The molecule has 5 heteroatoms. The molecule has 1 heterocycles. The van der Waals surface area contributed by atoms with E-state index in [4.69, 9.17) is 9.84 Å². The summed E-state index contributed by atoms with van der Waals surface area (Å²) in [5, 5.41) is 15.1. The largest absolute Gasteiger partial charge is 0.497 e. The minimum atomic E-state index is -0.548. The van der Waals surface area contributed by atoms with Gasteiger partial charge in [-0.3, -0.25) is 4.79 Å². The van der Waals surface area contributed by atoms with Gasteiger partial charge in [-0.25, -0.2) is 4.68 Å². The number of nitrogens with zero attached hydrogens (tertiary/aromatic N) is 3. The molecule has 3 atom stereocenters. The molecule has 0 bridgehead atoms. The van der Waals surface area contributed by atoms with Crippen LogP contribution in [-0.2, 0) is 16.6 Å². The first-order valence-corrected chi connectivity index (χ1v) is 13.4. The number of carbonyl (C=O) groups is 1. The van der Waals surface area contributed by atoms with E-state index in [9.17, 15) is 10.1 Å². The summed E-state index contributed by atoms with van der Waals surface area (Å²) in [5.41, 5.74) is 6.81. The lowest BCUT2D eigenvalue weighted by Crippen LogP contribution is -2.54. The smallest absolute Gasteiger partial charge is 0.176 e. The average molecular weight is 514 g/mol. The maximum atomic E-state index is 13.1. The Morgan fingerprint density at radius 2 is 1.59 bits per heavy atom. The molecule has 0 radical (unpaired) electrons. The van der Waals surface area contributed by atoms with Gasteiger partial charge in [0.05, 0.1) is 29.8 Å². The lowest BCUT2D eigenvalue weighted by Gasteiger charge is -2.53. The summed E-state index contributed by atoms with van der Waals surface area (Å²) in [7, 11) is 1.67. The van der Waals surface area contributed by atoms with Gasteiger partial charge in [0.2, 0.25) is 0 Å². The first-order valence-electron chi connectivity index (χ1n) is 13.4. The molecule has 0 spiro atoms. The predicted molar refractivity (Wildman–Crippen MR) is 153 cm³/mol.